The molecule has 2 unspecified atom stereocenters. The molecule has 0 heterocycles. The summed E-state index contributed by atoms with van der Waals surface area (Å²) in [5, 5.41) is 0. The van der Waals surface area contributed by atoms with Gasteiger partial charge < -0.3 is 4.74 Å². The molecule has 0 aromatic heterocycles. The molecule has 0 radical (unpaired) electrons. The van der Waals surface area contributed by atoms with Crippen LogP contribution >= 0.6 is 31.9 Å². The number of rotatable bonds is 10. The zero-order valence-corrected chi connectivity index (χ0v) is 21.9. The molecule has 160 valence electrons. The van der Waals surface area contributed by atoms with Crippen LogP contribution in [0.2, 0.25) is 0 Å². The maximum Gasteiger partial charge on any atom is 0.0634 e. The number of hydrogen-bond donors (Lipinski definition) is 0. The van der Waals surface area contributed by atoms with Gasteiger partial charge in [-0.3, -0.25) is 0 Å². The van der Waals surface area contributed by atoms with Gasteiger partial charge in [0.25, 0.3) is 0 Å². The van der Waals surface area contributed by atoms with Crippen LogP contribution in [0, 0.1) is 0 Å². The largest absolute Gasteiger partial charge is 0.370 e. The molecule has 0 spiro atoms. The Bertz CT molecular complexity index is 683. The fourth-order valence-corrected chi connectivity index (χ4v) is 4.71. The van der Waals surface area contributed by atoms with Gasteiger partial charge in [-0.05, 0) is 78.4 Å². The molecule has 0 amide bonds. The van der Waals surface area contributed by atoms with Crippen molar-refractivity contribution < 1.29 is 4.74 Å². The van der Waals surface area contributed by atoms with Gasteiger partial charge in [0, 0.05) is 8.65 Å². The SMILES string of the molecule is CC(C)(CCC(C)(Br)c1ccccc1)OC(C)(C)CCC(C)(Br)c1ccccc1. The van der Waals surface area contributed by atoms with Crippen molar-refractivity contribution in [1.82, 2.24) is 0 Å². The summed E-state index contributed by atoms with van der Waals surface area (Å²) >= 11 is 7.89. The lowest BCUT2D eigenvalue weighted by Gasteiger charge is -2.39. The molecule has 2 rings (SSSR count). The average molecular weight is 524 g/mol. The topological polar surface area (TPSA) is 9.23 Å². The smallest absolute Gasteiger partial charge is 0.0634 e. The molecular weight excluding hydrogens is 488 g/mol. The van der Waals surface area contributed by atoms with E-state index in [1.807, 2.05) is 0 Å². The summed E-state index contributed by atoms with van der Waals surface area (Å²) in [6, 6.07) is 21.3. The molecule has 2 aromatic rings. The lowest BCUT2D eigenvalue weighted by Crippen LogP contribution is -2.38. The molecule has 0 aliphatic rings. The van der Waals surface area contributed by atoms with Crippen molar-refractivity contribution in [2.24, 2.45) is 0 Å². The number of halogens is 2. The van der Waals surface area contributed by atoms with Gasteiger partial charge in [-0.1, -0.05) is 92.5 Å². The summed E-state index contributed by atoms with van der Waals surface area (Å²) in [7, 11) is 0. The van der Waals surface area contributed by atoms with Crippen molar-refractivity contribution in [2.75, 3.05) is 0 Å². The molecule has 2 atom stereocenters. The summed E-state index contributed by atoms with van der Waals surface area (Å²) in [4.78, 5) is 0. The predicted molar refractivity (Wildman–Crippen MR) is 133 cm³/mol. The van der Waals surface area contributed by atoms with Crippen LogP contribution in [0.5, 0.6) is 0 Å². The molecule has 0 aliphatic heterocycles. The predicted octanol–water partition coefficient (Wildman–Crippen LogP) is 8.74. The van der Waals surface area contributed by atoms with Crippen molar-refractivity contribution >= 4 is 31.9 Å². The first kappa shape index (κ1) is 24.6. The fraction of sp³-hybridized carbons (Fsp3) is 0.538. The van der Waals surface area contributed by atoms with Crippen LogP contribution < -0.4 is 0 Å². The van der Waals surface area contributed by atoms with E-state index in [0.29, 0.717) is 0 Å². The van der Waals surface area contributed by atoms with E-state index in [1.165, 1.54) is 11.1 Å². The minimum Gasteiger partial charge on any atom is -0.370 e. The quantitative estimate of drug-likeness (QED) is 0.283. The first-order chi connectivity index (χ1) is 13.3. The van der Waals surface area contributed by atoms with E-state index in [4.69, 9.17) is 4.74 Å². The molecule has 2 aromatic carbocycles. The monoisotopic (exact) mass is 522 g/mol. The van der Waals surface area contributed by atoms with Crippen LogP contribution in [0.25, 0.3) is 0 Å². The molecule has 0 N–H and O–H groups in total. The Labute approximate surface area is 194 Å². The summed E-state index contributed by atoms with van der Waals surface area (Å²) in [5.74, 6) is 0. The molecule has 0 saturated carbocycles. The van der Waals surface area contributed by atoms with Crippen molar-refractivity contribution in [3.8, 4) is 0 Å². The first-order valence-electron chi connectivity index (χ1n) is 10.5. The Morgan fingerprint density at radius 2 is 0.862 bits per heavy atom. The Hall–Kier alpha value is -0.640. The molecule has 1 nitrogen and oxygen atoms in total. The van der Waals surface area contributed by atoms with Crippen LogP contribution in [0.4, 0.5) is 0 Å². The lowest BCUT2D eigenvalue weighted by molar-refractivity contribution is -0.131. The van der Waals surface area contributed by atoms with Gasteiger partial charge in [0.15, 0.2) is 0 Å². The molecule has 0 aliphatic carbocycles. The maximum atomic E-state index is 6.65. The van der Waals surface area contributed by atoms with E-state index in [-0.39, 0.29) is 19.9 Å². The lowest BCUT2D eigenvalue weighted by atomic mass is 9.88. The minimum absolute atomic E-state index is 0.0409. The van der Waals surface area contributed by atoms with Crippen molar-refractivity contribution in [3.05, 3.63) is 71.8 Å². The van der Waals surface area contributed by atoms with E-state index in [0.717, 1.165) is 25.7 Å². The standard InChI is InChI=1S/C26H36Br2O/c1-23(2,17-19-25(5,27)21-13-9-7-10-14-21)29-24(3,4)18-20-26(6,28)22-15-11-8-12-16-22/h7-16H,17-20H2,1-6H3. The summed E-state index contributed by atoms with van der Waals surface area (Å²) in [6.07, 6.45) is 4.00. The third-order valence-electron chi connectivity index (χ3n) is 5.70. The van der Waals surface area contributed by atoms with Crippen LogP contribution in [-0.2, 0) is 13.4 Å². The van der Waals surface area contributed by atoms with Crippen LogP contribution in [0.1, 0.15) is 78.4 Å². The van der Waals surface area contributed by atoms with Crippen LogP contribution in [0.15, 0.2) is 60.7 Å². The highest BCUT2D eigenvalue weighted by Gasteiger charge is 2.34. The van der Waals surface area contributed by atoms with Gasteiger partial charge >= 0.3 is 0 Å². The fourth-order valence-electron chi connectivity index (χ4n) is 3.78. The number of benzene rings is 2. The highest BCUT2D eigenvalue weighted by molar-refractivity contribution is 9.09. The Kier molecular flexibility index (Phi) is 8.20. The Balaban J connectivity index is 1.94. The summed E-state index contributed by atoms with van der Waals surface area (Å²) < 4.78 is 6.56. The second-order valence-electron chi connectivity index (χ2n) is 9.75. The van der Waals surface area contributed by atoms with Gasteiger partial charge in [-0.15, -0.1) is 0 Å². The molecule has 0 bridgehead atoms. The zero-order chi connectivity index (χ0) is 21.8. The van der Waals surface area contributed by atoms with Crippen molar-refractivity contribution in [2.45, 2.75) is 87.1 Å². The summed E-state index contributed by atoms with van der Waals surface area (Å²) in [6.45, 7) is 13.4. The van der Waals surface area contributed by atoms with E-state index in [9.17, 15) is 0 Å². The first-order valence-corrected chi connectivity index (χ1v) is 12.1. The van der Waals surface area contributed by atoms with Crippen molar-refractivity contribution in [1.29, 1.82) is 0 Å². The summed E-state index contributed by atoms with van der Waals surface area (Å²) in [5.41, 5.74) is 2.24. The highest BCUT2D eigenvalue weighted by Crippen LogP contribution is 2.41. The van der Waals surface area contributed by atoms with E-state index >= 15 is 0 Å². The Morgan fingerprint density at radius 1 is 0.552 bits per heavy atom. The van der Waals surface area contributed by atoms with Crippen LogP contribution in [0.3, 0.4) is 0 Å². The maximum absolute atomic E-state index is 6.65. The second kappa shape index (κ2) is 9.66. The molecule has 3 heteroatoms. The van der Waals surface area contributed by atoms with Crippen molar-refractivity contribution in [3.63, 3.8) is 0 Å². The second-order valence-corrected chi connectivity index (χ2v) is 13.2. The van der Waals surface area contributed by atoms with E-state index in [1.54, 1.807) is 0 Å². The van der Waals surface area contributed by atoms with Gasteiger partial charge in [0.2, 0.25) is 0 Å². The minimum atomic E-state index is -0.192. The van der Waals surface area contributed by atoms with E-state index < -0.39 is 0 Å². The Morgan fingerprint density at radius 3 is 1.17 bits per heavy atom. The van der Waals surface area contributed by atoms with Gasteiger partial charge in [0.05, 0.1) is 11.2 Å². The third kappa shape index (κ3) is 7.84. The number of ether oxygens (including phenoxy) is 1. The zero-order valence-electron chi connectivity index (χ0n) is 18.8. The molecule has 0 fully saturated rings. The normalized spacial score (nSPS) is 16.8. The van der Waals surface area contributed by atoms with Gasteiger partial charge in [-0.2, -0.15) is 0 Å². The number of hydrogen-bond acceptors (Lipinski definition) is 1. The number of alkyl halides is 2. The molecule has 29 heavy (non-hydrogen) atoms. The molecule has 0 saturated heterocycles. The third-order valence-corrected chi connectivity index (χ3v) is 7.41. The highest BCUT2D eigenvalue weighted by atomic mass is 79.9. The van der Waals surface area contributed by atoms with E-state index in [2.05, 4.69) is 134 Å². The average Bonchev–Trinajstić information content (AvgIpc) is 2.66. The molecular formula is C26H36Br2O. The van der Waals surface area contributed by atoms with Crippen LogP contribution in [-0.4, -0.2) is 11.2 Å². The van der Waals surface area contributed by atoms with Gasteiger partial charge in [0.1, 0.15) is 0 Å². The van der Waals surface area contributed by atoms with Gasteiger partial charge in [-0.25, -0.2) is 0 Å².